The van der Waals surface area contributed by atoms with E-state index < -0.39 is 90.6 Å². The number of nitrogens with zero attached hydrogens (tertiary/aromatic N) is 4. The Morgan fingerprint density at radius 1 is 0.750 bits per heavy atom. The molecule has 4 heterocycles. The molecular formula is C41H40F2N6O11. The van der Waals surface area contributed by atoms with Crippen molar-refractivity contribution in [3.63, 3.8) is 0 Å². The number of carbonyl (C=O) groups excluding carboxylic acids is 3. The van der Waals surface area contributed by atoms with Gasteiger partial charge in [-0.15, -0.1) is 0 Å². The van der Waals surface area contributed by atoms with Gasteiger partial charge in [-0.3, -0.25) is 13.9 Å². The smallest absolute Gasteiger partial charge is 0.351 e. The Morgan fingerprint density at radius 3 is 1.78 bits per heavy atom. The predicted octanol–water partition coefficient (Wildman–Crippen LogP) is 3.01. The van der Waals surface area contributed by atoms with Crippen LogP contribution < -0.4 is 22.4 Å². The summed E-state index contributed by atoms with van der Waals surface area (Å²) in [5, 5.41) is 21.2. The van der Waals surface area contributed by atoms with Gasteiger partial charge < -0.3 is 40.2 Å². The second-order valence-electron chi connectivity index (χ2n) is 14.0. The highest BCUT2D eigenvalue weighted by atomic mass is 19.1. The number of benzene rings is 3. The van der Waals surface area contributed by atoms with Gasteiger partial charge in [-0.1, -0.05) is 54.6 Å². The molecule has 8 atom stereocenters. The van der Waals surface area contributed by atoms with Gasteiger partial charge >= 0.3 is 23.3 Å². The summed E-state index contributed by atoms with van der Waals surface area (Å²) in [6, 6.07) is 27.1. The Hall–Kier alpha value is -6.67. The third-order valence-electron chi connectivity index (χ3n) is 9.67. The van der Waals surface area contributed by atoms with E-state index in [-0.39, 0.29) is 22.8 Å². The second-order valence-corrected chi connectivity index (χ2v) is 14.0. The van der Waals surface area contributed by atoms with Crippen molar-refractivity contribution in [2.75, 3.05) is 24.3 Å². The van der Waals surface area contributed by atoms with Crippen LogP contribution in [0.3, 0.4) is 0 Å². The number of aliphatic hydroxyl groups is 2. The molecule has 2 aromatic heterocycles. The van der Waals surface area contributed by atoms with Crippen LogP contribution in [0.25, 0.3) is 0 Å². The molecule has 60 heavy (non-hydrogen) atoms. The summed E-state index contributed by atoms with van der Waals surface area (Å²) >= 11 is 0. The van der Waals surface area contributed by atoms with Crippen molar-refractivity contribution < 1.29 is 52.3 Å². The van der Waals surface area contributed by atoms with Crippen LogP contribution in [0.2, 0.25) is 0 Å². The largest absolute Gasteiger partial charge is 0.459 e. The summed E-state index contributed by atoms with van der Waals surface area (Å²) in [4.78, 5) is 69.8. The van der Waals surface area contributed by atoms with Crippen LogP contribution in [0.15, 0.2) is 125 Å². The topological polar surface area (TPSA) is 236 Å². The zero-order chi connectivity index (χ0) is 43.2. The minimum absolute atomic E-state index is 0.00839. The van der Waals surface area contributed by atoms with Crippen LogP contribution in [0.5, 0.6) is 0 Å². The van der Waals surface area contributed by atoms with Crippen molar-refractivity contribution >= 4 is 29.5 Å². The first-order valence-electron chi connectivity index (χ1n) is 18.4. The molecule has 0 aliphatic carbocycles. The fourth-order valence-corrected chi connectivity index (χ4v) is 6.51. The number of ether oxygens (including phenoxy) is 4. The number of aliphatic hydroxyl groups excluding tert-OH is 2. The summed E-state index contributed by atoms with van der Waals surface area (Å²) in [5.41, 5.74) is -0.263. The van der Waals surface area contributed by atoms with Crippen molar-refractivity contribution in [3.8, 4) is 0 Å². The van der Waals surface area contributed by atoms with Crippen LogP contribution in [0.1, 0.15) is 57.4 Å². The Bertz CT molecular complexity index is 2420. The number of halogens is 2. The van der Waals surface area contributed by atoms with Gasteiger partial charge in [0.05, 0.1) is 17.7 Å². The molecule has 17 nitrogen and oxygen atoms in total. The lowest BCUT2D eigenvalue weighted by Gasteiger charge is -2.27. The lowest BCUT2D eigenvalue weighted by Crippen LogP contribution is -2.45. The van der Waals surface area contributed by atoms with Crippen LogP contribution in [-0.4, -0.2) is 96.1 Å². The normalized spacial score (nSPS) is 25.7. The lowest BCUT2D eigenvalue weighted by molar-refractivity contribution is -0.0648. The number of alkyl halides is 2. The Balaban J connectivity index is 0.000000279. The minimum Gasteiger partial charge on any atom is -0.459 e. The van der Waals surface area contributed by atoms with E-state index in [1.54, 1.807) is 78.9 Å². The average Bonchev–Trinajstić information content (AvgIpc) is 3.63. The van der Waals surface area contributed by atoms with Gasteiger partial charge in [-0.2, -0.15) is 9.97 Å². The van der Waals surface area contributed by atoms with Crippen molar-refractivity contribution in [1.82, 2.24) is 19.1 Å². The van der Waals surface area contributed by atoms with E-state index in [0.29, 0.717) is 5.56 Å². The summed E-state index contributed by atoms with van der Waals surface area (Å²) < 4.78 is 54.6. The molecule has 3 aromatic carbocycles. The number of carbonyl (C=O) groups is 3. The molecule has 7 rings (SSSR count). The van der Waals surface area contributed by atoms with Gasteiger partial charge in [0.25, 0.3) is 5.91 Å². The number of esters is 2. The summed E-state index contributed by atoms with van der Waals surface area (Å²) in [5.74, 6) is -2.04. The molecular weight excluding hydrogens is 790 g/mol. The SMILES string of the molecule is CC1(F)[C@@H](O)[C@@H](CO)O[C@H]1n1ccc(N)nc1=O.CC1(F)[C@H](OC(=O)c2ccccc2)[C@@H](COC(=O)c2ccccc2)O[C@H]1n1ccc(NC(=O)c2ccccc2)nc1=O. The number of hydrogen-bond donors (Lipinski definition) is 4. The molecule has 2 fully saturated rings. The molecule has 5 N–H and O–H groups in total. The van der Waals surface area contributed by atoms with Gasteiger partial charge in [0.1, 0.15) is 36.6 Å². The van der Waals surface area contributed by atoms with Gasteiger partial charge in [0.2, 0.25) is 0 Å². The van der Waals surface area contributed by atoms with Crippen molar-refractivity contribution in [2.24, 2.45) is 0 Å². The Labute approximate surface area is 339 Å². The average molecular weight is 831 g/mol. The van der Waals surface area contributed by atoms with E-state index in [2.05, 4.69) is 15.3 Å². The number of amides is 1. The van der Waals surface area contributed by atoms with Crippen LogP contribution in [0.4, 0.5) is 20.4 Å². The Morgan fingerprint density at radius 2 is 1.25 bits per heavy atom. The first-order chi connectivity index (χ1) is 28.6. The van der Waals surface area contributed by atoms with Gasteiger partial charge in [-0.25, -0.2) is 28.0 Å². The number of anilines is 2. The molecule has 1 amide bonds. The van der Waals surface area contributed by atoms with Crippen molar-refractivity contribution in [1.29, 1.82) is 0 Å². The molecule has 5 aromatic rings. The maximum Gasteiger partial charge on any atom is 0.351 e. The van der Waals surface area contributed by atoms with Crippen LogP contribution in [-0.2, 0) is 18.9 Å². The molecule has 2 aliphatic heterocycles. The number of rotatable bonds is 10. The highest BCUT2D eigenvalue weighted by Crippen LogP contribution is 2.43. The first kappa shape index (κ1) is 42.9. The van der Waals surface area contributed by atoms with E-state index in [1.165, 1.54) is 36.7 Å². The molecule has 0 saturated carbocycles. The number of nitrogens with one attached hydrogen (secondary N) is 1. The van der Waals surface area contributed by atoms with Crippen molar-refractivity contribution in [3.05, 3.63) is 153 Å². The highest BCUT2D eigenvalue weighted by Gasteiger charge is 2.59. The molecule has 2 aliphatic rings. The van der Waals surface area contributed by atoms with Gasteiger partial charge in [0.15, 0.2) is 29.9 Å². The number of aromatic nitrogens is 4. The summed E-state index contributed by atoms with van der Waals surface area (Å²) in [7, 11) is 0. The third-order valence-corrected chi connectivity index (χ3v) is 9.67. The fourth-order valence-electron chi connectivity index (χ4n) is 6.51. The second kappa shape index (κ2) is 18.1. The quantitative estimate of drug-likeness (QED) is 0.148. The maximum absolute atomic E-state index is 16.5. The number of nitrogens with two attached hydrogens (primary N) is 1. The number of nitrogen functional groups attached to an aromatic ring is 1. The fraction of sp³-hybridized carbons (Fsp3) is 0.293. The Kier molecular flexibility index (Phi) is 12.9. The molecule has 0 radical (unpaired) electrons. The third kappa shape index (κ3) is 9.29. The lowest BCUT2D eigenvalue weighted by atomic mass is 9.98. The standard InChI is InChI=1S/C31H26FN3O7.C10H14FN3O4/c1-31(32)25(42-28(38)22-15-9-4-10-16-22)23(19-40-27(37)21-13-7-3-8-14-21)41-29(31)35-18-17-24(34-30(35)39)33-26(36)20-11-5-2-6-12-20;1-10(11)7(16)5(4-15)18-8(10)14-3-2-6(12)13-9(14)17/h2-18,23,25,29H,19H2,1H3,(H,33,34,36,39);2-3,5,7-8,15-16H,4H2,1H3,(H2,12,13,17)/t23-,25-,29-,31?;5-,7+,8-,10?/m11/s1. The molecule has 2 unspecified atom stereocenters. The predicted molar refractivity (Wildman–Crippen MR) is 208 cm³/mol. The van der Waals surface area contributed by atoms with Gasteiger partial charge in [0, 0.05) is 18.0 Å². The zero-order valence-corrected chi connectivity index (χ0v) is 32.0. The molecule has 314 valence electrons. The van der Waals surface area contributed by atoms with Crippen molar-refractivity contribution in [2.45, 2.75) is 62.1 Å². The zero-order valence-electron chi connectivity index (χ0n) is 32.0. The molecule has 0 bridgehead atoms. The molecule has 0 spiro atoms. The van der Waals surface area contributed by atoms with Gasteiger partial charge in [-0.05, 0) is 62.4 Å². The van der Waals surface area contributed by atoms with E-state index in [4.69, 9.17) is 29.8 Å². The highest BCUT2D eigenvalue weighted by molar-refractivity contribution is 6.03. The van der Waals surface area contributed by atoms with E-state index >= 15 is 4.39 Å². The summed E-state index contributed by atoms with van der Waals surface area (Å²) in [6.07, 6.45) is -5.97. The first-order valence-corrected chi connectivity index (χ1v) is 18.4. The maximum atomic E-state index is 16.5. The molecule has 2 saturated heterocycles. The molecule has 19 heteroatoms. The summed E-state index contributed by atoms with van der Waals surface area (Å²) in [6.45, 7) is 1.20. The number of hydrogen-bond acceptors (Lipinski definition) is 14. The minimum atomic E-state index is -2.46. The van der Waals surface area contributed by atoms with E-state index in [9.17, 15) is 33.5 Å². The van der Waals surface area contributed by atoms with E-state index in [0.717, 1.165) is 23.0 Å². The van der Waals surface area contributed by atoms with Crippen LogP contribution in [0, 0.1) is 0 Å². The van der Waals surface area contributed by atoms with Crippen LogP contribution >= 0.6 is 0 Å². The van der Waals surface area contributed by atoms with E-state index in [1.807, 2.05) is 0 Å². The monoisotopic (exact) mass is 830 g/mol.